The highest BCUT2D eigenvalue weighted by Gasteiger charge is 2.20. The molecule has 1 fully saturated rings. The van der Waals surface area contributed by atoms with Crippen LogP contribution in [0.25, 0.3) is 16.6 Å². The van der Waals surface area contributed by atoms with Gasteiger partial charge in [-0.3, -0.25) is 0 Å². The molecule has 2 N–H and O–H groups in total. The van der Waals surface area contributed by atoms with Crippen LogP contribution in [0.15, 0.2) is 25.0 Å². The summed E-state index contributed by atoms with van der Waals surface area (Å²) in [6, 6.07) is 2.70. The van der Waals surface area contributed by atoms with E-state index in [2.05, 4.69) is 41.8 Å². The van der Waals surface area contributed by atoms with Crippen LogP contribution in [0, 0.1) is 5.92 Å². The fourth-order valence-electron chi connectivity index (χ4n) is 3.48. The van der Waals surface area contributed by atoms with Gasteiger partial charge in [0.05, 0.1) is 5.69 Å². The van der Waals surface area contributed by atoms with Gasteiger partial charge in [0.2, 0.25) is 0 Å². The third-order valence-corrected chi connectivity index (χ3v) is 4.88. The third-order valence-electron chi connectivity index (χ3n) is 4.88. The Kier molecular flexibility index (Phi) is 4.51. The molecule has 22 heavy (non-hydrogen) atoms. The molecule has 1 aliphatic carbocycles. The number of nitrogens with one attached hydrogen (secondary N) is 2. The lowest BCUT2D eigenvalue weighted by Gasteiger charge is -2.29. The van der Waals surface area contributed by atoms with Crippen LogP contribution >= 0.6 is 0 Å². The first-order valence-electron chi connectivity index (χ1n) is 8.59. The summed E-state index contributed by atoms with van der Waals surface area (Å²) in [4.78, 5) is 7.78. The molecular weight excluding hydrogens is 270 g/mol. The molecule has 1 saturated carbocycles. The van der Waals surface area contributed by atoms with E-state index >= 15 is 0 Å². The van der Waals surface area contributed by atoms with Crippen molar-refractivity contribution < 1.29 is 0 Å². The Morgan fingerprint density at radius 2 is 2.14 bits per heavy atom. The van der Waals surface area contributed by atoms with Crippen LogP contribution in [0.4, 0.5) is 5.69 Å². The van der Waals surface area contributed by atoms with Crippen molar-refractivity contribution in [1.29, 1.82) is 0 Å². The Hall–Kier alpha value is -1.77. The highest BCUT2D eigenvalue weighted by molar-refractivity contribution is 5.96. The fourth-order valence-corrected chi connectivity index (χ4v) is 3.48. The van der Waals surface area contributed by atoms with E-state index < -0.39 is 0 Å². The predicted octanol–water partition coefficient (Wildman–Crippen LogP) is 5.37. The van der Waals surface area contributed by atoms with E-state index in [0.717, 1.165) is 24.4 Å². The normalized spacial score (nSPS) is 21.9. The number of pyridine rings is 1. The van der Waals surface area contributed by atoms with Crippen molar-refractivity contribution in [2.24, 2.45) is 5.92 Å². The minimum Gasteiger partial charge on any atom is -0.381 e. The summed E-state index contributed by atoms with van der Waals surface area (Å²) >= 11 is 0. The zero-order valence-electron chi connectivity index (χ0n) is 13.8. The van der Waals surface area contributed by atoms with E-state index in [1.165, 1.54) is 47.9 Å². The van der Waals surface area contributed by atoms with Gasteiger partial charge in [-0.05, 0) is 49.7 Å². The van der Waals surface area contributed by atoms with Gasteiger partial charge in [0.15, 0.2) is 0 Å². The van der Waals surface area contributed by atoms with Crippen molar-refractivity contribution in [1.82, 2.24) is 9.97 Å². The molecule has 0 aromatic carbocycles. The molecule has 0 unspecified atom stereocenters. The molecule has 2 heterocycles. The van der Waals surface area contributed by atoms with E-state index in [1.807, 2.05) is 12.4 Å². The second-order valence-corrected chi connectivity index (χ2v) is 6.74. The summed E-state index contributed by atoms with van der Waals surface area (Å²) in [5.41, 5.74) is 4.56. The van der Waals surface area contributed by atoms with E-state index in [9.17, 15) is 0 Å². The lowest BCUT2D eigenvalue weighted by atomic mass is 9.87. The van der Waals surface area contributed by atoms with Gasteiger partial charge in [-0.15, -0.1) is 0 Å². The number of hydrogen-bond acceptors (Lipinski definition) is 2. The lowest BCUT2D eigenvalue weighted by molar-refractivity contribution is 0.361. The smallest absolute Gasteiger partial charge is 0.139 e. The average Bonchev–Trinajstić information content (AvgIpc) is 2.99. The predicted molar refractivity (Wildman–Crippen MR) is 95.1 cm³/mol. The van der Waals surface area contributed by atoms with Crippen LogP contribution in [-0.4, -0.2) is 16.0 Å². The van der Waals surface area contributed by atoms with Gasteiger partial charge in [0.25, 0.3) is 0 Å². The quantitative estimate of drug-likeness (QED) is 0.779. The Balaban J connectivity index is 1.92. The van der Waals surface area contributed by atoms with E-state index in [1.54, 1.807) is 0 Å². The second kappa shape index (κ2) is 6.55. The van der Waals surface area contributed by atoms with Gasteiger partial charge in [-0.25, -0.2) is 4.98 Å². The number of fused-ring (bicyclic) bond motifs is 1. The number of nitrogens with zero attached hydrogens (tertiary/aromatic N) is 1. The van der Waals surface area contributed by atoms with Crippen molar-refractivity contribution >= 4 is 22.3 Å². The summed E-state index contributed by atoms with van der Waals surface area (Å²) in [5.74, 6) is 0.872. The molecular formula is C19H27N3. The highest BCUT2D eigenvalue weighted by atomic mass is 14.9. The molecule has 3 nitrogen and oxygen atoms in total. The number of H-pyrrole nitrogens is 1. The first kappa shape index (κ1) is 15.1. The minimum absolute atomic E-state index is 0.574. The van der Waals surface area contributed by atoms with Crippen LogP contribution in [-0.2, 0) is 0 Å². The molecule has 0 bridgehead atoms. The summed E-state index contributed by atoms with van der Waals surface area (Å²) in [6.07, 6.45) is 11.2. The Morgan fingerprint density at radius 3 is 2.86 bits per heavy atom. The van der Waals surface area contributed by atoms with Crippen molar-refractivity contribution in [3.63, 3.8) is 0 Å². The summed E-state index contributed by atoms with van der Waals surface area (Å²) < 4.78 is 0. The van der Waals surface area contributed by atoms with Crippen LogP contribution in [0.1, 0.15) is 57.9 Å². The molecule has 1 aliphatic rings. The molecule has 0 atom stereocenters. The molecule has 0 amide bonds. The molecule has 3 rings (SSSR count). The molecule has 0 aliphatic heterocycles. The van der Waals surface area contributed by atoms with Gasteiger partial charge in [-0.2, -0.15) is 0 Å². The molecule has 0 saturated heterocycles. The van der Waals surface area contributed by atoms with Crippen LogP contribution in [0.2, 0.25) is 0 Å². The maximum absolute atomic E-state index is 4.55. The standard InChI is InChI=1S/C19H27N3/c1-4-5-14(3)17-12-21-19-16(10-11-20-19)18(17)22-15-8-6-13(2)7-9-15/h10-13,15H,3-9H2,1-2H3,(H2,20,21,22). The molecule has 3 heteroatoms. The maximum atomic E-state index is 4.55. The first-order valence-corrected chi connectivity index (χ1v) is 8.59. The molecule has 2 aromatic rings. The van der Waals surface area contributed by atoms with E-state index in [4.69, 9.17) is 0 Å². The van der Waals surface area contributed by atoms with Gasteiger partial charge in [0.1, 0.15) is 5.65 Å². The maximum Gasteiger partial charge on any atom is 0.139 e. The number of aromatic nitrogens is 2. The van der Waals surface area contributed by atoms with Crippen molar-refractivity contribution in [2.45, 2.75) is 58.4 Å². The SMILES string of the molecule is C=C(CCC)c1cnc2[nH]ccc2c1NC1CCC(C)CC1. The van der Waals surface area contributed by atoms with Gasteiger partial charge in [0, 0.05) is 29.4 Å². The number of anilines is 1. The molecule has 0 radical (unpaired) electrons. The summed E-state index contributed by atoms with van der Waals surface area (Å²) in [7, 11) is 0. The Labute approximate surface area is 133 Å². The number of rotatable bonds is 5. The Bertz CT molecular complexity index is 648. The van der Waals surface area contributed by atoms with E-state index in [0.29, 0.717) is 6.04 Å². The highest BCUT2D eigenvalue weighted by Crippen LogP contribution is 2.34. The first-order chi connectivity index (χ1) is 10.7. The topological polar surface area (TPSA) is 40.7 Å². The number of allylic oxidation sites excluding steroid dienone is 1. The molecule has 0 spiro atoms. The lowest BCUT2D eigenvalue weighted by Crippen LogP contribution is -2.25. The molecule has 2 aromatic heterocycles. The van der Waals surface area contributed by atoms with Gasteiger partial charge >= 0.3 is 0 Å². The summed E-state index contributed by atoms with van der Waals surface area (Å²) in [5, 5.41) is 5.01. The van der Waals surface area contributed by atoms with Crippen molar-refractivity contribution in [3.8, 4) is 0 Å². The number of hydrogen-bond donors (Lipinski definition) is 2. The third kappa shape index (κ3) is 3.03. The molecule has 118 valence electrons. The zero-order valence-corrected chi connectivity index (χ0v) is 13.8. The van der Waals surface area contributed by atoms with Crippen LogP contribution in [0.5, 0.6) is 0 Å². The summed E-state index contributed by atoms with van der Waals surface area (Å²) in [6.45, 7) is 8.84. The van der Waals surface area contributed by atoms with Crippen molar-refractivity contribution in [3.05, 3.63) is 30.6 Å². The van der Waals surface area contributed by atoms with Crippen molar-refractivity contribution in [2.75, 3.05) is 5.32 Å². The van der Waals surface area contributed by atoms with E-state index in [-0.39, 0.29) is 0 Å². The largest absolute Gasteiger partial charge is 0.381 e. The van der Waals surface area contributed by atoms with Crippen LogP contribution in [0.3, 0.4) is 0 Å². The zero-order chi connectivity index (χ0) is 15.5. The minimum atomic E-state index is 0.574. The van der Waals surface area contributed by atoms with Crippen LogP contribution < -0.4 is 5.32 Å². The number of aromatic amines is 1. The van der Waals surface area contributed by atoms with Gasteiger partial charge in [-0.1, -0.05) is 26.8 Å². The van der Waals surface area contributed by atoms with Gasteiger partial charge < -0.3 is 10.3 Å². The Morgan fingerprint density at radius 1 is 1.36 bits per heavy atom. The average molecular weight is 297 g/mol. The second-order valence-electron chi connectivity index (χ2n) is 6.74. The fraction of sp³-hybridized carbons (Fsp3) is 0.526. The monoisotopic (exact) mass is 297 g/mol.